The molecule has 0 aliphatic carbocycles. The average Bonchev–Trinajstić information content (AvgIpc) is 2.55. The fraction of sp³-hybridized carbons (Fsp3) is 0.333. The second kappa shape index (κ2) is 4.07. The van der Waals surface area contributed by atoms with E-state index in [0.29, 0.717) is 5.76 Å². The molecule has 2 rings (SSSR count). The van der Waals surface area contributed by atoms with Crippen LogP contribution in [0.5, 0.6) is 0 Å². The zero-order valence-electron chi connectivity index (χ0n) is 9.08. The van der Waals surface area contributed by atoms with Crippen molar-refractivity contribution in [3.63, 3.8) is 0 Å². The van der Waals surface area contributed by atoms with Gasteiger partial charge in [-0.25, -0.2) is 0 Å². The molecule has 2 nitrogen and oxygen atoms in total. The summed E-state index contributed by atoms with van der Waals surface area (Å²) in [5, 5.41) is 9.22. The van der Waals surface area contributed by atoms with Crippen molar-refractivity contribution in [3.8, 4) is 0 Å². The minimum absolute atomic E-state index is 0.0376. The molecule has 2 aromatic rings. The standard InChI is InChI=1S/C12H11F3O2/c1-7(16)5-8-6-9-10(12(13,14)15)3-2-4-11(9)17-8/h2-4,6-7,16H,5H2,1H3. The van der Waals surface area contributed by atoms with E-state index in [0.717, 1.165) is 6.07 Å². The van der Waals surface area contributed by atoms with Gasteiger partial charge in [0.1, 0.15) is 11.3 Å². The number of aliphatic hydroxyl groups excluding tert-OH is 1. The molecule has 17 heavy (non-hydrogen) atoms. The number of rotatable bonds is 2. The summed E-state index contributed by atoms with van der Waals surface area (Å²) in [5.74, 6) is 0.353. The van der Waals surface area contributed by atoms with Crippen LogP contribution in [0.1, 0.15) is 18.2 Å². The van der Waals surface area contributed by atoms with Gasteiger partial charge in [-0.2, -0.15) is 13.2 Å². The van der Waals surface area contributed by atoms with Crippen molar-refractivity contribution in [3.05, 3.63) is 35.6 Å². The van der Waals surface area contributed by atoms with E-state index in [1.165, 1.54) is 18.2 Å². The first-order valence-electron chi connectivity index (χ1n) is 5.14. The normalized spacial score (nSPS) is 14.2. The summed E-state index contributed by atoms with van der Waals surface area (Å²) >= 11 is 0. The van der Waals surface area contributed by atoms with Crippen molar-refractivity contribution in [2.24, 2.45) is 0 Å². The number of furan rings is 1. The highest BCUT2D eigenvalue weighted by molar-refractivity contribution is 5.82. The first-order chi connectivity index (χ1) is 7.88. The first kappa shape index (κ1) is 12.0. The molecule has 92 valence electrons. The minimum Gasteiger partial charge on any atom is -0.461 e. The van der Waals surface area contributed by atoms with Crippen LogP contribution in [0.3, 0.4) is 0 Å². The molecule has 0 radical (unpaired) electrons. The first-order valence-corrected chi connectivity index (χ1v) is 5.14. The Morgan fingerprint density at radius 2 is 2.06 bits per heavy atom. The largest absolute Gasteiger partial charge is 0.461 e. The van der Waals surface area contributed by atoms with E-state index in [2.05, 4.69) is 0 Å². The van der Waals surface area contributed by atoms with Crippen molar-refractivity contribution >= 4 is 11.0 Å². The summed E-state index contributed by atoms with van der Waals surface area (Å²) in [6, 6.07) is 5.14. The molecule has 0 spiro atoms. The quantitative estimate of drug-likeness (QED) is 0.878. The number of hydrogen-bond acceptors (Lipinski definition) is 2. The van der Waals surface area contributed by atoms with Gasteiger partial charge < -0.3 is 9.52 Å². The molecule has 0 fully saturated rings. The van der Waals surface area contributed by atoms with Crippen LogP contribution in [-0.4, -0.2) is 11.2 Å². The number of halogens is 3. The molecule has 0 bridgehead atoms. The second-order valence-corrected chi connectivity index (χ2v) is 3.98. The van der Waals surface area contributed by atoms with E-state index in [4.69, 9.17) is 4.42 Å². The molecule has 0 aliphatic rings. The Bertz CT molecular complexity index is 526. The monoisotopic (exact) mass is 244 g/mol. The lowest BCUT2D eigenvalue weighted by Gasteiger charge is -2.06. The van der Waals surface area contributed by atoms with Gasteiger partial charge in [0.15, 0.2) is 0 Å². The van der Waals surface area contributed by atoms with Crippen molar-refractivity contribution in [2.75, 3.05) is 0 Å². The van der Waals surface area contributed by atoms with Crippen LogP contribution in [0.2, 0.25) is 0 Å². The van der Waals surface area contributed by atoms with Crippen LogP contribution >= 0.6 is 0 Å². The van der Waals surface area contributed by atoms with Gasteiger partial charge in [-0.15, -0.1) is 0 Å². The molecule has 1 N–H and O–H groups in total. The van der Waals surface area contributed by atoms with Crippen LogP contribution in [0.25, 0.3) is 11.0 Å². The van der Waals surface area contributed by atoms with Crippen molar-refractivity contribution < 1.29 is 22.7 Å². The Hall–Kier alpha value is -1.49. The van der Waals surface area contributed by atoms with E-state index in [9.17, 15) is 18.3 Å². The topological polar surface area (TPSA) is 33.4 Å². The fourth-order valence-electron chi connectivity index (χ4n) is 1.75. The predicted octanol–water partition coefficient (Wildman–Crippen LogP) is 3.37. The van der Waals surface area contributed by atoms with Gasteiger partial charge >= 0.3 is 6.18 Å². The Morgan fingerprint density at radius 3 is 2.65 bits per heavy atom. The highest BCUT2D eigenvalue weighted by Gasteiger charge is 2.33. The average molecular weight is 244 g/mol. The maximum absolute atomic E-state index is 12.7. The highest BCUT2D eigenvalue weighted by atomic mass is 19.4. The third-order valence-corrected chi connectivity index (χ3v) is 2.41. The molecule has 0 aliphatic heterocycles. The number of aliphatic hydroxyl groups is 1. The molecule has 1 aromatic heterocycles. The Morgan fingerprint density at radius 1 is 1.35 bits per heavy atom. The molecule has 1 unspecified atom stereocenters. The maximum Gasteiger partial charge on any atom is 0.417 e. The highest BCUT2D eigenvalue weighted by Crippen LogP contribution is 2.36. The summed E-state index contributed by atoms with van der Waals surface area (Å²) in [6.45, 7) is 1.55. The van der Waals surface area contributed by atoms with E-state index in [1.54, 1.807) is 6.92 Å². The van der Waals surface area contributed by atoms with Crippen LogP contribution in [0.4, 0.5) is 13.2 Å². The van der Waals surface area contributed by atoms with Gasteiger partial charge in [0.25, 0.3) is 0 Å². The van der Waals surface area contributed by atoms with E-state index in [-0.39, 0.29) is 17.4 Å². The molecule has 1 atom stereocenters. The van der Waals surface area contributed by atoms with E-state index in [1.807, 2.05) is 0 Å². The SMILES string of the molecule is CC(O)Cc1cc2c(C(F)(F)F)cccc2o1. The Labute approximate surface area is 95.7 Å². The van der Waals surface area contributed by atoms with Gasteiger partial charge in [0, 0.05) is 11.8 Å². The second-order valence-electron chi connectivity index (χ2n) is 3.98. The third-order valence-electron chi connectivity index (χ3n) is 2.41. The third kappa shape index (κ3) is 2.44. The molecular formula is C12H11F3O2. The van der Waals surface area contributed by atoms with Gasteiger partial charge in [-0.05, 0) is 25.1 Å². The molecule has 5 heteroatoms. The summed E-state index contributed by atoms with van der Waals surface area (Å²) < 4.78 is 43.4. The smallest absolute Gasteiger partial charge is 0.417 e. The van der Waals surface area contributed by atoms with Gasteiger partial charge in [0.2, 0.25) is 0 Å². The van der Waals surface area contributed by atoms with Crippen LogP contribution < -0.4 is 0 Å². The minimum atomic E-state index is -4.40. The molecule has 1 aromatic carbocycles. The Kier molecular flexibility index (Phi) is 2.87. The number of alkyl halides is 3. The van der Waals surface area contributed by atoms with Crippen molar-refractivity contribution in [2.45, 2.75) is 25.6 Å². The van der Waals surface area contributed by atoms with Crippen LogP contribution in [0, 0.1) is 0 Å². The summed E-state index contributed by atoms with van der Waals surface area (Å²) in [5.41, 5.74) is -0.522. The summed E-state index contributed by atoms with van der Waals surface area (Å²) in [6.07, 6.45) is -4.85. The number of benzene rings is 1. The number of fused-ring (bicyclic) bond motifs is 1. The number of hydrogen-bond donors (Lipinski definition) is 1. The van der Waals surface area contributed by atoms with Crippen LogP contribution in [-0.2, 0) is 12.6 Å². The molecule has 0 saturated carbocycles. The van der Waals surface area contributed by atoms with E-state index >= 15 is 0 Å². The maximum atomic E-state index is 12.7. The van der Waals surface area contributed by atoms with Gasteiger partial charge in [-0.1, -0.05) is 6.07 Å². The van der Waals surface area contributed by atoms with Gasteiger partial charge in [0.05, 0.1) is 11.7 Å². The molecule has 0 amide bonds. The zero-order valence-corrected chi connectivity index (χ0v) is 9.08. The predicted molar refractivity (Wildman–Crippen MR) is 56.6 cm³/mol. The molecule has 0 saturated heterocycles. The zero-order chi connectivity index (χ0) is 12.6. The Balaban J connectivity index is 2.53. The lowest BCUT2D eigenvalue weighted by molar-refractivity contribution is -0.136. The summed E-state index contributed by atoms with van der Waals surface area (Å²) in [7, 11) is 0. The van der Waals surface area contributed by atoms with Crippen LogP contribution in [0.15, 0.2) is 28.7 Å². The summed E-state index contributed by atoms with van der Waals surface area (Å²) in [4.78, 5) is 0. The molecular weight excluding hydrogens is 233 g/mol. The fourth-order valence-corrected chi connectivity index (χ4v) is 1.75. The lowest BCUT2D eigenvalue weighted by Crippen LogP contribution is -2.04. The van der Waals surface area contributed by atoms with E-state index < -0.39 is 17.8 Å². The van der Waals surface area contributed by atoms with Crippen molar-refractivity contribution in [1.82, 2.24) is 0 Å². The lowest BCUT2D eigenvalue weighted by atomic mass is 10.1. The molecule has 1 heterocycles. The van der Waals surface area contributed by atoms with Crippen molar-refractivity contribution in [1.29, 1.82) is 0 Å². The van der Waals surface area contributed by atoms with Gasteiger partial charge in [-0.3, -0.25) is 0 Å².